The van der Waals surface area contributed by atoms with Gasteiger partial charge in [-0.1, -0.05) is 18.7 Å². The van der Waals surface area contributed by atoms with Gasteiger partial charge in [0.15, 0.2) is 0 Å². The number of hydrogen-bond acceptors (Lipinski definition) is 3. The maximum absolute atomic E-state index is 10.7. The van der Waals surface area contributed by atoms with Crippen LogP contribution >= 0.6 is 10.7 Å². The molecule has 1 aromatic rings. The van der Waals surface area contributed by atoms with E-state index in [1.54, 1.807) is 12.1 Å². The standard InChI is InChI=1S/C9H9ClO3S/c1-7(6-14(10,12)13)8-2-4-9(11)5-3-8/h2-5,11H,1,6H2. The van der Waals surface area contributed by atoms with Gasteiger partial charge in [-0.05, 0) is 23.3 Å². The van der Waals surface area contributed by atoms with E-state index in [1.165, 1.54) is 12.1 Å². The maximum atomic E-state index is 10.7. The lowest BCUT2D eigenvalue weighted by Crippen LogP contribution is -1.99. The molecule has 0 aliphatic rings. The summed E-state index contributed by atoms with van der Waals surface area (Å²) >= 11 is 0. The highest BCUT2D eigenvalue weighted by molar-refractivity contribution is 8.14. The van der Waals surface area contributed by atoms with Crippen molar-refractivity contribution >= 4 is 25.3 Å². The summed E-state index contributed by atoms with van der Waals surface area (Å²) < 4.78 is 21.5. The Balaban J connectivity index is 2.86. The smallest absolute Gasteiger partial charge is 0.236 e. The number of phenolic OH excluding ortho intramolecular Hbond substituents is 1. The van der Waals surface area contributed by atoms with E-state index in [2.05, 4.69) is 6.58 Å². The normalized spacial score (nSPS) is 11.2. The van der Waals surface area contributed by atoms with Crippen LogP contribution in [0.15, 0.2) is 30.8 Å². The van der Waals surface area contributed by atoms with Gasteiger partial charge in [0, 0.05) is 10.7 Å². The van der Waals surface area contributed by atoms with E-state index in [4.69, 9.17) is 15.8 Å². The lowest BCUT2D eigenvalue weighted by Gasteiger charge is -2.03. The van der Waals surface area contributed by atoms with Gasteiger partial charge in [-0.3, -0.25) is 0 Å². The van der Waals surface area contributed by atoms with Crippen molar-refractivity contribution in [3.8, 4) is 5.75 Å². The van der Waals surface area contributed by atoms with Crippen LogP contribution in [0.5, 0.6) is 5.75 Å². The van der Waals surface area contributed by atoms with Crippen LogP contribution in [0.3, 0.4) is 0 Å². The molecular formula is C9H9ClO3S. The Morgan fingerprint density at radius 2 is 1.86 bits per heavy atom. The number of rotatable bonds is 3. The Hall–Kier alpha value is -1.00. The Bertz CT molecular complexity index is 434. The van der Waals surface area contributed by atoms with E-state index < -0.39 is 9.05 Å². The topological polar surface area (TPSA) is 54.4 Å². The number of phenols is 1. The lowest BCUT2D eigenvalue weighted by molar-refractivity contribution is 0.475. The lowest BCUT2D eigenvalue weighted by atomic mass is 10.1. The average molecular weight is 233 g/mol. The van der Waals surface area contributed by atoms with Gasteiger partial charge < -0.3 is 5.11 Å². The fourth-order valence-electron chi connectivity index (χ4n) is 0.989. The molecule has 0 spiro atoms. The third-order valence-corrected chi connectivity index (χ3v) is 2.64. The summed E-state index contributed by atoms with van der Waals surface area (Å²) in [4.78, 5) is 0. The van der Waals surface area contributed by atoms with Crippen molar-refractivity contribution in [3.05, 3.63) is 36.4 Å². The van der Waals surface area contributed by atoms with Crippen molar-refractivity contribution in [2.45, 2.75) is 0 Å². The summed E-state index contributed by atoms with van der Waals surface area (Å²) in [6.45, 7) is 3.59. The van der Waals surface area contributed by atoms with Gasteiger partial charge in [0.25, 0.3) is 0 Å². The minimum Gasteiger partial charge on any atom is -0.508 e. The molecule has 0 saturated heterocycles. The van der Waals surface area contributed by atoms with Crippen molar-refractivity contribution in [3.63, 3.8) is 0 Å². The first-order valence-corrected chi connectivity index (χ1v) is 6.26. The van der Waals surface area contributed by atoms with Crippen LogP contribution in [-0.2, 0) is 9.05 Å². The van der Waals surface area contributed by atoms with Crippen LogP contribution in [-0.4, -0.2) is 19.3 Å². The molecule has 0 radical (unpaired) electrons. The summed E-state index contributed by atoms with van der Waals surface area (Å²) in [7, 11) is 1.50. The zero-order valence-electron chi connectivity index (χ0n) is 7.27. The second kappa shape index (κ2) is 4.02. The van der Waals surface area contributed by atoms with E-state index >= 15 is 0 Å². The van der Waals surface area contributed by atoms with Gasteiger partial charge in [-0.25, -0.2) is 8.42 Å². The van der Waals surface area contributed by atoms with Gasteiger partial charge >= 0.3 is 0 Å². The maximum Gasteiger partial charge on any atom is 0.236 e. The molecule has 0 aliphatic carbocycles. The Labute approximate surface area is 87.1 Å². The largest absolute Gasteiger partial charge is 0.508 e. The molecule has 0 saturated carbocycles. The molecule has 76 valence electrons. The molecule has 0 heterocycles. The van der Waals surface area contributed by atoms with E-state index in [9.17, 15) is 8.42 Å². The number of benzene rings is 1. The summed E-state index contributed by atoms with van der Waals surface area (Å²) in [6, 6.07) is 6.09. The van der Waals surface area contributed by atoms with Gasteiger partial charge in [0.05, 0.1) is 5.75 Å². The molecule has 1 rings (SSSR count). The molecule has 0 unspecified atom stereocenters. The molecule has 0 aromatic heterocycles. The second-order valence-electron chi connectivity index (χ2n) is 2.83. The molecule has 0 amide bonds. The van der Waals surface area contributed by atoms with Crippen molar-refractivity contribution in [2.75, 3.05) is 5.75 Å². The SMILES string of the molecule is C=C(CS(=O)(=O)Cl)c1ccc(O)cc1. The van der Waals surface area contributed by atoms with E-state index in [0.717, 1.165) is 0 Å². The average Bonchev–Trinajstić information content (AvgIpc) is 2.02. The summed E-state index contributed by atoms with van der Waals surface area (Å²) in [5.41, 5.74) is 1.05. The zero-order chi connectivity index (χ0) is 10.8. The molecule has 0 atom stereocenters. The van der Waals surface area contributed by atoms with E-state index in [-0.39, 0.29) is 11.5 Å². The molecule has 0 fully saturated rings. The Kier molecular flexibility index (Phi) is 3.18. The van der Waals surface area contributed by atoms with Crippen molar-refractivity contribution < 1.29 is 13.5 Å². The minimum atomic E-state index is -3.57. The third-order valence-electron chi connectivity index (χ3n) is 1.62. The molecule has 0 bridgehead atoms. The Morgan fingerprint density at radius 3 is 2.29 bits per heavy atom. The minimum absolute atomic E-state index is 0.121. The van der Waals surface area contributed by atoms with Crippen LogP contribution in [0.25, 0.3) is 5.57 Å². The number of halogens is 1. The van der Waals surface area contributed by atoms with Crippen molar-refractivity contribution in [2.24, 2.45) is 0 Å². The van der Waals surface area contributed by atoms with E-state index in [1.807, 2.05) is 0 Å². The predicted molar refractivity (Wildman–Crippen MR) is 56.8 cm³/mol. The van der Waals surface area contributed by atoms with Crippen LogP contribution in [0.4, 0.5) is 0 Å². The van der Waals surface area contributed by atoms with E-state index in [0.29, 0.717) is 11.1 Å². The van der Waals surface area contributed by atoms with Crippen molar-refractivity contribution in [1.82, 2.24) is 0 Å². The van der Waals surface area contributed by atoms with Gasteiger partial charge in [0.2, 0.25) is 9.05 Å². The quantitative estimate of drug-likeness (QED) is 0.811. The molecular weight excluding hydrogens is 224 g/mol. The number of aromatic hydroxyl groups is 1. The first-order chi connectivity index (χ1) is 6.38. The zero-order valence-corrected chi connectivity index (χ0v) is 8.85. The van der Waals surface area contributed by atoms with Crippen LogP contribution in [0.2, 0.25) is 0 Å². The van der Waals surface area contributed by atoms with Crippen LogP contribution in [0.1, 0.15) is 5.56 Å². The molecule has 5 heteroatoms. The first-order valence-electron chi connectivity index (χ1n) is 3.78. The molecule has 1 N–H and O–H groups in total. The highest BCUT2D eigenvalue weighted by Crippen LogP contribution is 2.18. The molecule has 0 aliphatic heterocycles. The van der Waals surface area contributed by atoms with Crippen LogP contribution in [0, 0.1) is 0 Å². The second-order valence-corrected chi connectivity index (χ2v) is 5.61. The monoisotopic (exact) mass is 232 g/mol. The number of hydrogen-bond donors (Lipinski definition) is 1. The summed E-state index contributed by atoms with van der Waals surface area (Å²) in [5, 5.41) is 9.00. The molecule has 3 nitrogen and oxygen atoms in total. The fourth-order valence-corrected chi connectivity index (χ4v) is 1.97. The molecule has 14 heavy (non-hydrogen) atoms. The predicted octanol–water partition coefficient (Wildman–Crippen LogP) is 1.97. The third kappa shape index (κ3) is 3.40. The first kappa shape index (κ1) is 11.1. The highest BCUT2D eigenvalue weighted by atomic mass is 35.7. The van der Waals surface area contributed by atoms with Crippen molar-refractivity contribution in [1.29, 1.82) is 0 Å². The fraction of sp³-hybridized carbons (Fsp3) is 0.111. The summed E-state index contributed by atoms with van der Waals surface area (Å²) in [5.74, 6) is -0.172. The van der Waals surface area contributed by atoms with Crippen LogP contribution < -0.4 is 0 Å². The van der Waals surface area contributed by atoms with Gasteiger partial charge in [0.1, 0.15) is 5.75 Å². The van der Waals surface area contributed by atoms with Gasteiger partial charge in [-0.15, -0.1) is 0 Å². The molecule has 1 aromatic carbocycles. The Morgan fingerprint density at radius 1 is 1.36 bits per heavy atom. The summed E-state index contributed by atoms with van der Waals surface area (Å²) in [6.07, 6.45) is 0. The highest BCUT2D eigenvalue weighted by Gasteiger charge is 2.09. The van der Waals surface area contributed by atoms with Gasteiger partial charge in [-0.2, -0.15) is 0 Å².